The summed E-state index contributed by atoms with van der Waals surface area (Å²) in [5, 5.41) is 12.4. The molecular formula is C20H24F2N2O. The van der Waals surface area contributed by atoms with Crippen LogP contribution in [0, 0.1) is 17.6 Å². The van der Waals surface area contributed by atoms with Crippen LogP contribution in [-0.4, -0.2) is 29.7 Å². The Kier molecular flexibility index (Phi) is 6.00. The van der Waals surface area contributed by atoms with Gasteiger partial charge < -0.3 is 10.4 Å². The third-order valence-electron chi connectivity index (χ3n) is 4.74. The Bertz CT molecular complexity index is 662. The fourth-order valence-electron chi connectivity index (χ4n) is 3.23. The second kappa shape index (κ2) is 8.41. The Hall–Kier alpha value is -1.98. The molecule has 0 bridgehead atoms. The molecular weight excluding hydrogens is 322 g/mol. The van der Waals surface area contributed by atoms with Gasteiger partial charge >= 0.3 is 0 Å². The number of benzene rings is 2. The molecule has 2 aromatic rings. The Morgan fingerprint density at radius 1 is 0.960 bits per heavy atom. The van der Waals surface area contributed by atoms with Crippen molar-refractivity contribution in [3.05, 3.63) is 65.2 Å². The molecule has 0 aromatic heterocycles. The molecule has 2 aromatic carbocycles. The zero-order chi connectivity index (χ0) is 17.6. The van der Waals surface area contributed by atoms with Crippen LogP contribution in [0.25, 0.3) is 0 Å². The standard InChI is InChI=1S/C20H24F2N2O/c21-18-9-17(10-19(22)11-18)12-23-20-3-1-15(2-4-20)13-24-7-5-16(14-25)6-8-24/h1-4,9-11,16,23,25H,5-8,12-14H2. The highest BCUT2D eigenvalue weighted by atomic mass is 19.1. The number of nitrogens with one attached hydrogen (secondary N) is 1. The maximum absolute atomic E-state index is 13.2. The highest BCUT2D eigenvalue weighted by Gasteiger charge is 2.18. The van der Waals surface area contributed by atoms with Crippen molar-refractivity contribution in [2.24, 2.45) is 5.92 Å². The molecule has 0 atom stereocenters. The van der Waals surface area contributed by atoms with E-state index in [-0.39, 0.29) is 0 Å². The first-order valence-corrected chi connectivity index (χ1v) is 8.73. The van der Waals surface area contributed by atoms with E-state index in [0.29, 0.717) is 24.6 Å². The number of hydrogen-bond donors (Lipinski definition) is 2. The Labute approximate surface area is 147 Å². The average molecular weight is 346 g/mol. The first-order chi connectivity index (χ1) is 12.1. The SMILES string of the molecule is OCC1CCN(Cc2ccc(NCc3cc(F)cc(F)c3)cc2)CC1. The van der Waals surface area contributed by atoms with Gasteiger partial charge in [-0.25, -0.2) is 8.78 Å². The molecule has 0 unspecified atom stereocenters. The smallest absolute Gasteiger partial charge is 0.126 e. The number of aliphatic hydroxyl groups is 1. The molecule has 1 aliphatic heterocycles. The molecule has 1 saturated heterocycles. The number of piperidine rings is 1. The minimum absolute atomic E-state index is 0.295. The van der Waals surface area contributed by atoms with Gasteiger partial charge in [0.1, 0.15) is 11.6 Å². The zero-order valence-electron chi connectivity index (χ0n) is 14.2. The van der Waals surface area contributed by atoms with Crippen LogP contribution in [0.5, 0.6) is 0 Å². The van der Waals surface area contributed by atoms with Gasteiger partial charge in [0.25, 0.3) is 0 Å². The Morgan fingerprint density at radius 3 is 2.20 bits per heavy atom. The van der Waals surface area contributed by atoms with Crippen molar-refractivity contribution in [3.8, 4) is 0 Å². The van der Waals surface area contributed by atoms with Crippen LogP contribution in [0.3, 0.4) is 0 Å². The lowest BCUT2D eigenvalue weighted by atomic mass is 9.97. The van der Waals surface area contributed by atoms with E-state index < -0.39 is 11.6 Å². The fourth-order valence-corrected chi connectivity index (χ4v) is 3.23. The van der Waals surface area contributed by atoms with E-state index in [2.05, 4.69) is 22.3 Å². The van der Waals surface area contributed by atoms with E-state index >= 15 is 0 Å². The van der Waals surface area contributed by atoms with Gasteiger partial charge in [-0.05, 0) is 67.2 Å². The fraction of sp³-hybridized carbons (Fsp3) is 0.400. The summed E-state index contributed by atoms with van der Waals surface area (Å²) in [6.07, 6.45) is 2.11. The average Bonchev–Trinajstić information content (AvgIpc) is 2.61. The molecule has 25 heavy (non-hydrogen) atoms. The van der Waals surface area contributed by atoms with E-state index in [0.717, 1.165) is 44.2 Å². The first kappa shape index (κ1) is 17.8. The molecule has 2 N–H and O–H groups in total. The summed E-state index contributed by atoms with van der Waals surface area (Å²) in [7, 11) is 0. The second-order valence-electron chi connectivity index (χ2n) is 6.73. The predicted octanol–water partition coefficient (Wildman–Crippen LogP) is 3.78. The van der Waals surface area contributed by atoms with E-state index in [9.17, 15) is 13.9 Å². The largest absolute Gasteiger partial charge is 0.396 e. The number of anilines is 1. The number of likely N-dealkylation sites (tertiary alicyclic amines) is 1. The van der Waals surface area contributed by atoms with Crippen LogP contribution in [0.4, 0.5) is 14.5 Å². The van der Waals surface area contributed by atoms with Gasteiger partial charge in [-0.2, -0.15) is 0 Å². The number of hydrogen-bond acceptors (Lipinski definition) is 3. The van der Waals surface area contributed by atoms with Crippen molar-refractivity contribution >= 4 is 5.69 Å². The molecule has 0 amide bonds. The van der Waals surface area contributed by atoms with Gasteiger partial charge in [0.2, 0.25) is 0 Å². The monoisotopic (exact) mass is 346 g/mol. The minimum Gasteiger partial charge on any atom is -0.396 e. The van der Waals surface area contributed by atoms with Gasteiger partial charge in [-0.3, -0.25) is 4.90 Å². The Balaban J connectivity index is 1.50. The lowest BCUT2D eigenvalue weighted by molar-refractivity contribution is 0.127. The van der Waals surface area contributed by atoms with E-state index in [4.69, 9.17) is 0 Å². The second-order valence-corrected chi connectivity index (χ2v) is 6.73. The molecule has 0 spiro atoms. The van der Waals surface area contributed by atoms with Crippen molar-refractivity contribution in [1.82, 2.24) is 4.90 Å². The van der Waals surface area contributed by atoms with Crippen molar-refractivity contribution in [3.63, 3.8) is 0 Å². The van der Waals surface area contributed by atoms with E-state index in [1.165, 1.54) is 17.7 Å². The molecule has 3 rings (SSSR count). The van der Waals surface area contributed by atoms with Crippen LogP contribution in [-0.2, 0) is 13.1 Å². The topological polar surface area (TPSA) is 35.5 Å². The molecule has 1 heterocycles. The summed E-state index contributed by atoms with van der Waals surface area (Å²) < 4.78 is 26.4. The van der Waals surface area contributed by atoms with Gasteiger partial charge in [-0.15, -0.1) is 0 Å². The van der Waals surface area contributed by atoms with Crippen LogP contribution in [0.2, 0.25) is 0 Å². The molecule has 3 nitrogen and oxygen atoms in total. The summed E-state index contributed by atoms with van der Waals surface area (Å²) >= 11 is 0. The highest BCUT2D eigenvalue weighted by Crippen LogP contribution is 2.19. The number of halogens is 2. The van der Waals surface area contributed by atoms with Crippen molar-refractivity contribution in [2.45, 2.75) is 25.9 Å². The number of rotatable bonds is 6. The van der Waals surface area contributed by atoms with Crippen molar-refractivity contribution in [1.29, 1.82) is 0 Å². The molecule has 1 fully saturated rings. The first-order valence-electron chi connectivity index (χ1n) is 8.73. The van der Waals surface area contributed by atoms with Crippen molar-refractivity contribution < 1.29 is 13.9 Å². The lowest BCUT2D eigenvalue weighted by Gasteiger charge is -2.31. The summed E-state index contributed by atoms with van der Waals surface area (Å²) in [4.78, 5) is 2.41. The lowest BCUT2D eigenvalue weighted by Crippen LogP contribution is -2.34. The molecule has 5 heteroatoms. The summed E-state index contributed by atoms with van der Waals surface area (Å²) in [5.74, 6) is -0.662. The van der Waals surface area contributed by atoms with Crippen LogP contribution in [0.1, 0.15) is 24.0 Å². The third-order valence-corrected chi connectivity index (χ3v) is 4.74. The molecule has 0 aliphatic carbocycles. The van der Waals surface area contributed by atoms with Gasteiger partial charge in [0.05, 0.1) is 0 Å². The maximum Gasteiger partial charge on any atom is 0.126 e. The summed E-state index contributed by atoms with van der Waals surface area (Å²) in [6.45, 7) is 3.63. The third kappa shape index (κ3) is 5.25. The molecule has 0 radical (unpaired) electrons. The summed E-state index contributed by atoms with van der Waals surface area (Å²) in [6, 6.07) is 11.7. The highest BCUT2D eigenvalue weighted by molar-refractivity contribution is 5.45. The van der Waals surface area contributed by atoms with E-state index in [1.54, 1.807) is 0 Å². The quantitative estimate of drug-likeness (QED) is 0.836. The molecule has 1 aliphatic rings. The van der Waals surface area contributed by atoms with Gasteiger partial charge in [0.15, 0.2) is 0 Å². The van der Waals surface area contributed by atoms with Gasteiger partial charge in [-0.1, -0.05) is 12.1 Å². The van der Waals surface area contributed by atoms with Crippen molar-refractivity contribution in [2.75, 3.05) is 25.0 Å². The maximum atomic E-state index is 13.2. The normalized spacial score (nSPS) is 16.1. The van der Waals surface area contributed by atoms with E-state index in [1.807, 2.05) is 12.1 Å². The zero-order valence-corrected chi connectivity index (χ0v) is 14.2. The summed E-state index contributed by atoms with van der Waals surface area (Å²) in [5.41, 5.74) is 2.74. The van der Waals surface area contributed by atoms with Crippen LogP contribution < -0.4 is 5.32 Å². The molecule has 134 valence electrons. The van der Waals surface area contributed by atoms with Gasteiger partial charge in [0, 0.05) is 31.5 Å². The van der Waals surface area contributed by atoms with Crippen LogP contribution >= 0.6 is 0 Å². The number of nitrogens with zero attached hydrogens (tertiary/aromatic N) is 1. The van der Waals surface area contributed by atoms with Crippen LogP contribution in [0.15, 0.2) is 42.5 Å². The minimum atomic E-state index is -0.558. The predicted molar refractivity (Wildman–Crippen MR) is 95.2 cm³/mol. The Morgan fingerprint density at radius 2 is 1.60 bits per heavy atom. The number of aliphatic hydroxyl groups excluding tert-OH is 1. The molecule has 0 saturated carbocycles.